The lowest BCUT2D eigenvalue weighted by Crippen LogP contribution is -2.36. The van der Waals surface area contributed by atoms with Gasteiger partial charge in [-0.15, -0.1) is 0 Å². The Bertz CT molecular complexity index is 872. The monoisotopic (exact) mass is 374 g/mol. The molecule has 0 saturated carbocycles. The summed E-state index contributed by atoms with van der Waals surface area (Å²) in [6, 6.07) is 13.9. The Labute approximate surface area is 156 Å². The summed E-state index contributed by atoms with van der Waals surface area (Å²) in [5.74, 6) is 0.146. The van der Waals surface area contributed by atoms with Gasteiger partial charge in [0.25, 0.3) is 0 Å². The van der Waals surface area contributed by atoms with Crippen LogP contribution in [0.25, 0.3) is 11.0 Å². The van der Waals surface area contributed by atoms with Crippen LogP contribution in [0.5, 0.6) is 0 Å². The standard InChI is InChI=1S/C20H20ClFN2O2/c1-13(19-10-14-6-3-4-9-18(14)26-19)23-20(25)12-24(2)11-15-16(21)7-5-8-17(15)22/h3-10,13H,11-12H2,1-2H3,(H,23,25)/t13-/m1/s1. The number of para-hydroxylation sites is 1. The molecule has 0 unspecified atom stereocenters. The number of nitrogens with one attached hydrogen (secondary N) is 1. The van der Waals surface area contributed by atoms with Crippen molar-refractivity contribution in [2.24, 2.45) is 0 Å². The van der Waals surface area contributed by atoms with Crippen LogP contribution in [0.1, 0.15) is 24.3 Å². The molecule has 6 heteroatoms. The molecule has 1 N–H and O–H groups in total. The van der Waals surface area contributed by atoms with Crippen molar-refractivity contribution in [2.75, 3.05) is 13.6 Å². The highest BCUT2D eigenvalue weighted by atomic mass is 35.5. The summed E-state index contributed by atoms with van der Waals surface area (Å²) in [5.41, 5.74) is 1.17. The predicted molar refractivity (Wildman–Crippen MR) is 101 cm³/mol. The van der Waals surface area contributed by atoms with Gasteiger partial charge in [0.05, 0.1) is 12.6 Å². The third-order valence-electron chi connectivity index (χ3n) is 4.15. The van der Waals surface area contributed by atoms with E-state index in [1.165, 1.54) is 6.07 Å². The first kappa shape index (κ1) is 18.4. The van der Waals surface area contributed by atoms with Gasteiger partial charge in [0.1, 0.15) is 17.2 Å². The van der Waals surface area contributed by atoms with Crippen LogP contribution in [0.4, 0.5) is 4.39 Å². The zero-order chi connectivity index (χ0) is 18.7. The Morgan fingerprint density at radius 1 is 1.27 bits per heavy atom. The quantitative estimate of drug-likeness (QED) is 0.689. The average Bonchev–Trinajstić information content (AvgIpc) is 3.02. The molecule has 0 saturated heterocycles. The number of hydrogen-bond acceptors (Lipinski definition) is 3. The zero-order valence-electron chi connectivity index (χ0n) is 14.6. The smallest absolute Gasteiger partial charge is 0.234 e. The third-order valence-corrected chi connectivity index (χ3v) is 4.51. The van der Waals surface area contributed by atoms with Crippen molar-refractivity contribution in [2.45, 2.75) is 19.5 Å². The maximum absolute atomic E-state index is 13.9. The van der Waals surface area contributed by atoms with Crippen LogP contribution < -0.4 is 5.32 Å². The van der Waals surface area contributed by atoms with E-state index in [9.17, 15) is 9.18 Å². The van der Waals surface area contributed by atoms with Crippen molar-refractivity contribution in [3.8, 4) is 0 Å². The first-order valence-electron chi connectivity index (χ1n) is 8.33. The number of fused-ring (bicyclic) bond motifs is 1. The molecular formula is C20H20ClFN2O2. The first-order valence-corrected chi connectivity index (χ1v) is 8.71. The number of furan rings is 1. The van der Waals surface area contributed by atoms with E-state index >= 15 is 0 Å². The molecular weight excluding hydrogens is 355 g/mol. The number of rotatable bonds is 6. The van der Waals surface area contributed by atoms with E-state index in [0.717, 1.165) is 11.0 Å². The fourth-order valence-corrected chi connectivity index (χ4v) is 3.05. The number of hydrogen-bond donors (Lipinski definition) is 1. The van der Waals surface area contributed by atoms with Crippen molar-refractivity contribution in [3.63, 3.8) is 0 Å². The number of likely N-dealkylation sites (N-methyl/N-ethyl adjacent to an activating group) is 1. The highest BCUT2D eigenvalue weighted by molar-refractivity contribution is 6.31. The summed E-state index contributed by atoms with van der Waals surface area (Å²) in [4.78, 5) is 14.0. The summed E-state index contributed by atoms with van der Waals surface area (Å²) in [6.45, 7) is 2.23. The van der Waals surface area contributed by atoms with Gasteiger partial charge in [0.2, 0.25) is 5.91 Å². The first-order chi connectivity index (χ1) is 12.4. The highest BCUT2D eigenvalue weighted by Gasteiger charge is 2.16. The molecule has 2 aromatic carbocycles. The Morgan fingerprint density at radius 3 is 2.77 bits per heavy atom. The van der Waals surface area contributed by atoms with Crippen LogP contribution in [0.3, 0.4) is 0 Å². The van der Waals surface area contributed by atoms with E-state index in [1.54, 1.807) is 24.1 Å². The molecule has 3 rings (SSSR count). The molecule has 0 aliphatic carbocycles. The number of amides is 1. The number of carbonyl (C=O) groups excluding carboxylic acids is 1. The second kappa shape index (κ2) is 7.89. The molecule has 1 amide bonds. The normalized spacial score (nSPS) is 12.5. The average molecular weight is 375 g/mol. The molecule has 0 bridgehead atoms. The maximum atomic E-state index is 13.9. The van der Waals surface area contributed by atoms with Crippen molar-refractivity contribution >= 4 is 28.5 Å². The molecule has 0 aliphatic rings. The van der Waals surface area contributed by atoms with E-state index in [-0.39, 0.29) is 30.9 Å². The van der Waals surface area contributed by atoms with Crippen molar-refractivity contribution in [1.82, 2.24) is 10.2 Å². The SMILES string of the molecule is C[C@@H](NC(=O)CN(C)Cc1c(F)cccc1Cl)c1cc2ccccc2o1. The third kappa shape index (κ3) is 4.23. The summed E-state index contributed by atoms with van der Waals surface area (Å²) >= 11 is 6.03. The lowest BCUT2D eigenvalue weighted by Gasteiger charge is -2.19. The van der Waals surface area contributed by atoms with Crippen molar-refractivity contribution in [1.29, 1.82) is 0 Å². The van der Waals surface area contributed by atoms with Crippen LogP contribution in [0.2, 0.25) is 5.02 Å². The number of carbonyl (C=O) groups is 1. The van der Waals surface area contributed by atoms with E-state index in [2.05, 4.69) is 5.32 Å². The van der Waals surface area contributed by atoms with Gasteiger partial charge >= 0.3 is 0 Å². The molecule has 0 fully saturated rings. The fraction of sp³-hybridized carbons (Fsp3) is 0.250. The van der Waals surface area contributed by atoms with Gasteiger partial charge in [-0.2, -0.15) is 0 Å². The second-order valence-electron chi connectivity index (χ2n) is 6.35. The molecule has 1 aromatic heterocycles. The predicted octanol–water partition coefficient (Wildman–Crippen LogP) is 4.53. The molecule has 26 heavy (non-hydrogen) atoms. The zero-order valence-corrected chi connectivity index (χ0v) is 15.4. The van der Waals surface area contributed by atoms with Gasteiger partial charge in [-0.05, 0) is 38.2 Å². The molecule has 0 radical (unpaired) electrons. The van der Waals surface area contributed by atoms with Crippen LogP contribution in [0.15, 0.2) is 52.9 Å². The van der Waals surface area contributed by atoms with Crippen LogP contribution in [-0.4, -0.2) is 24.4 Å². The minimum absolute atomic E-state index is 0.120. The lowest BCUT2D eigenvalue weighted by molar-refractivity contribution is -0.122. The van der Waals surface area contributed by atoms with Crippen LogP contribution in [0, 0.1) is 5.82 Å². The fourth-order valence-electron chi connectivity index (χ4n) is 2.83. The van der Waals surface area contributed by atoms with Crippen molar-refractivity contribution < 1.29 is 13.6 Å². The van der Waals surface area contributed by atoms with E-state index in [1.807, 2.05) is 37.3 Å². The van der Waals surface area contributed by atoms with E-state index < -0.39 is 0 Å². The molecule has 1 atom stereocenters. The van der Waals surface area contributed by atoms with Gasteiger partial charge in [-0.1, -0.05) is 35.9 Å². The van der Waals surface area contributed by atoms with Crippen LogP contribution in [-0.2, 0) is 11.3 Å². The lowest BCUT2D eigenvalue weighted by atomic mass is 10.2. The van der Waals surface area contributed by atoms with Crippen LogP contribution >= 0.6 is 11.6 Å². The minimum atomic E-state index is -0.375. The molecule has 0 aliphatic heterocycles. The van der Waals surface area contributed by atoms with Gasteiger partial charge in [0, 0.05) is 22.5 Å². The highest BCUT2D eigenvalue weighted by Crippen LogP contribution is 2.23. The minimum Gasteiger partial charge on any atom is -0.459 e. The topological polar surface area (TPSA) is 45.5 Å². The maximum Gasteiger partial charge on any atom is 0.234 e. The molecule has 4 nitrogen and oxygen atoms in total. The van der Waals surface area contributed by atoms with E-state index in [0.29, 0.717) is 16.3 Å². The molecule has 0 spiro atoms. The Balaban J connectivity index is 1.59. The Hall–Kier alpha value is -2.37. The molecule has 3 aromatic rings. The number of halogens is 2. The summed E-state index contributed by atoms with van der Waals surface area (Å²) in [7, 11) is 1.74. The van der Waals surface area contributed by atoms with Gasteiger partial charge in [-0.25, -0.2) is 4.39 Å². The largest absolute Gasteiger partial charge is 0.459 e. The molecule has 1 heterocycles. The summed E-state index contributed by atoms with van der Waals surface area (Å²) in [5, 5.41) is 4.25. The van der Waals surface area contributed by atoms with Crippen molar-refractivity contribution in [3.05, 3.63) is 70.7 Å². The van der Waals surface area contributed by atoms with Gasteiger partial charge in [0.15, 0.2) is 0 Å². The Kier molecular flexibility index (Phi) is 5.59. The summed E-state index contributed by atoms with van der Waals surface area (Å²) < 4.78 is 19.6. The second-order valence-corrected chi connectivity index (χ2v) is 6.76. The number of nitrogens with zero attached hydrogens (tertiary/aromatic N) is 1. The van der Waals surface area contributed by atoms with E-state index in [4.69, 9.17) is 16.0 Å². The van der Waals surface area contributed by atoms with Gasteiger partial charge in [-0.3, -0.25) is 9.69 Å². The van der Waals surface area contributed by atoms with Gasteiger partial charge < -0.3 is 9.73 Å². The summed E-state index contributed by atoms with van der Waals surface area (Å²) in [6.07, 6.45) is 0. The molecule has 136 valence electrons. The number of benzene rings is 2. The Morgan fingerprint density at radius 2 is 2.04 bits per heavy atom.